The predicted octanol–water partition coefficient (Wildman–Crippen LogP) is 0.304. The highest BCUT2D eigenvalue weighted by atomic mass is 16.5. The number of hydrogen-bond acceptors (Lipinski definition) is 4. The lowest BCUT2D eigenvalue weighted by atomic mass is 9.99. The van der Waals surface area contributed by atoms with Crippen molar-refractivity contribution in [2.45, 2.75) is 18.6 Å². The number of carbonyl (C=O) groups is 1. The number of likely N-dealkylation sites (tertiary alicyclic amines) is 1. The Morgan fingerprint density at radius 2 is 2.40 bits per heavy atom. The third-order valence-corrected chi connectivity index (χ3v) is 3.91. The molecule has 6 heteroatoms. The molecule has 6 nitrogen and oxygen atoms in total. The topological polar surface area (TPSA) is 54.0 Å². The van der Waals surface area contributed by atoms with Gasteiger partial charge in [0.15, 0.2) is 0 Å². The lowest BCUT2D eigenvalue weighted by Gasteiger charge is -2.45. The fourth-order valence-corrected chi connectivity index (χ4v) is 2.73. The number of ether oxygens (including phenoxy) is 2. The zero-order chi connectivity index (χ0) is 14.4. The summed E-state index contributed by atoms with van der Waals surface area (Å²) >= 11 is 0. The Bertz CT molecular complexity index is 338. The summed E-state index contributed by atoms with van der Waals surface area (Å²) in [6.07, 6.45) is 2.88. The van der Waals surface area contributed by atoms with Crippen LogP contribution in [0, 0.1) is 0 Å². The van der Waals surface area contributed by atoms with E-state index in [0.29, 0.717) is 25.8 Å². The lowest BCUT2D eigenvalue weighted by Crippen LogP contribution is -2.60. The van der Waals surface area contributed by atoms with Crippen molar-refractivity contribution < 1.29 is 14.3 Å². The predicted molar refractivity (Wildman–Crippen MR) is 76.8 cm³/mol. The minimum atomic E-state index is -0.00961. The molecule has 114 valence electrons. The number of nitrogens with one attached hydrogen (secondary N) is 1. The second-order valence-electron chi connectivity index (χ2n) is 5.29. The summed E-state index contributed by atoms with van der Waals surface area (Å²) in [6.45, 7) is 8.37. The number of fused-ring (bicyclic) bond motifs is 1. The van der Waals surface area contributed by atoms with E-state index >= 15 is 0 Å². The van der Waals surface area contributed by atoms with Gasteiger partial charge in [0.2, 0.25) is 0 Å². The number of amides is 2. The Kier molecular flexibility index (Phi) is 5.82. The van der Waals surface area contributed by atoms with Crippen LogP contribution in [0.3, 0.4) is 0 Å². The number of rotatable bonds is 5. The highest BCUT2D eigenvalue weighted by Crippen LogP contribution is 2.21. The summed E-state index contributed by atoms with van der Waals surface area (Å²) in [5.74, 6) is 0. The molecular formula is C14H25N3O3. The first-order valence-corrected chi connectivity index (χ1v) is 7.25. The fourth-order valence-electron chi connectivity index (χ4n) is 2.73. The highest BCUT2D eigenvalue weighted by Gasteiger charge is 2.36. The van der Waals surface area contributed by atoms with Gasteiger partial charge in [0.1, 0.15) is 0 Å². The molecular weight excluding hydrogens is 258 g/mol. The van der Waals surface area contributed by atoms with Crippen LogP contribution in [0.15, 0.2) is 12.7 Å². The quantitative estimate of drug-likeness (QED) is 0.582. The first-order chi connectivity index (χ1) is 9.72. The van der Waals surface area contributed by atoms with Gasteiger partial charge in [-0.3, -0.25) is 4.90 Å². The normalized spacial score (nSPS) is 26.9. The number of nitrogens with zero attached hydrogens (tertiary/aromatic N) is 2. The van der Waals surface area contributed by atoms with Gasteiger partial charge in [-0.2, -0.15) is 0 Å². The Balaban J connectivity index is 1.72. The number of urea groups is 1. The molecule has 2 fully saturated rings. The van der Waals surface area contributed by atoms with Gasteiger partial charge in [0, 0.05) is 26.2 Å². The molecule has 2 rings (SSSR count). The van der Waals surface area contributed by atoms with Crippen molar-refractivity contribution in [2.75, 3.05) is 53.0 Å². The Hall–Kier alpha value is -1.11. The van der Waals surface area contributed by atoms with Crippen molar-refractivity contribution in [2.24, 2.45) is 0 Å². The monoisotopic (exact) mass is 283 g/mol. The summed E-state index contributed by atoms with van der Waals surface area (Å²) in [5, 5.41) is 2.89. The first-order valence-electron chi connectivity index (χ1n) is 7.25. The molecule has 0 aromatic carbocycles. The smallest absolute Gasteiger partial charge is 0.317 e. The molecule has 2 heterocycles. The average Bonchev–Trinajstić information content (AvgIpc) is 2.47. The van der Waals surface area contributed by atoms with E-state index in [-0.39, 0.29) is 12.1 Å². The molecule has 0 saturated carbocycles. The zero-order valence-corrected chi connectivity index (χ0v) is 12.2. The Morgan fingerprint density at radius 3 is 3.20 bits per heavy atom. The molecule has 0 aliphatic carbocycles. The van der Waals surface area contributed by atoms with Crippen molar-refractivity contribution in [3.63, 3.8) is 0 Å². The standard InChI is InChI=1S/C14H25N3O3/c1-3-8-19-9-5-15-14(18)17-6-4-13-12(11-17)16(2)7-10-20-13/h3,12-13H,1,4-11H2,2H3,(H,15,18)/t12-,13-/m1/s1. The van der Waals surface area contributed by atoms with Crippen LogP contribution in [0.4, 0.5) is 4.79 Å². The van der Waals surface area contributed by atoms with Crippen molar-refractivity contribution >= 4 is 6.03 Å². The van der Waals surface area contributed by atoms with E-state index in [1.54, 1.807) is 6.08 Å². The van der Waals surface area contributed by atoms with Crippen LogP contribution < -0.4 is 5.32 Å². The van der Waals surface area contributed by atoms with Gasteiger partial charge in [0.05, 0.1) is 32.0 Å². The number of morpholine rings is 1. The van der Waals surface area contributed by atoms with Crippen molar-refractivity contribution in [1.82, 2.24) is 15.1 Å². The number of carbonyl (C=O) groups excluding carboxylic acids is 1. The van der Waals surface area contributed by atoms with Gasteiger partial charge >= 0.3 is 6.03 Å². The first kappa shape index (κ1) is 15.3. The van der Waals surface area contributed by atoms with E-state index in [4.69, 9.17) is 9.47 Å². The van der Waals surface area contributed by atoms with Crippen LogP contribution in [0.25, 0.3) is 0 Å². The molecule has 0 aromatic rings. The van der Waals surface area contributed by atoms with E-state index in [1.807, 2.05) is 4.90 Å². The van der Waals surface area contributed by atoms with Crippen molar-refractivity contribution in [3.8, 4) is 0 Å². The number of piperidine rings is 1. The maximum absolute atomic E-state index is 12.1. The highest BCUT2D eigenvalue weighted by molar-refractivity contribution is 5.74. The van der Waals surface area contributed by atoms with E-state index in [0.717, 1.165) is 32.7 Å². The zero-order valence-electron chi connectivity index (χ0n) is 12.2. The molecule has 2 amide bonds. The molecule has 0 aromatic heterocycles. The van der Waals surface area contributed by atoms with Crippen LogP contribution in [0.5, 0.6) is 0 Å². The number of hydrogen-bond donors (Lipinski definition) is 1. The largest absolute Gasteiger partial charge is 0.376 e. The summed E-state index contributed by atoms with van der Waals surface area (Å²) in [7, 11) is 2.10. The maximum atomic E-state index is 12.1. The molecule has 0 radical (unpaired) electrons. The van der Waals surface area contributed by atoms with Gasteiger partial charge in [-0.1, -0.05) is 6.08 Å². The summed E-state index contributed by atoms with van der Waals surface area (Å²) in [6, 6.07) is 0.310. The molecule has 2 saturated heterocycles. The SMILES string of the molecule is C=CCOCCNC(=O)N1CC[C@H]2OCCN(C)[C@@H]2C1. The number of likely N-dealkylation sites (N-methyl/N-ethyl adjacent to an activating group) is 1. The van der Waals surface area contributed by atoms with E-state index in [1.165, 1.54) is 0 Å². The van der Waals surface area contributed by atoms with Gasteiger partial charge in [-0.25, -0.2) is 4.79 Å². The molecule has 1 N–H and O–H groups in total. The third-order valence-electron chi connectivity index (χ3n) is 3.91. The molecule has 2 aliphatic rings. The molecule has 2 atom stereocenters. The van der Waals surface area contributed by atoms with Crippen LogP contribution in [0.1, 0.15) is 6.42 Å². The molecule has 0 spiro atoms. The Morgan fingerprint density at radius 1 is 1.55 bits per heavy atom. The van der Waals surface area contributed by atoms with Crippen LogP contribution >= 0.6 is 0 Å². The summed E-state index contributed by atoms with van der Waals surface area (Å²) in [4.78, 5) is 16.3. The summed E-state index contributed by atoms with van der Waals surface area (Å²) < 4.78 is 11.0. The van der Waals surface area contributed by atoms with E-state index in [2.05, 4.69) is 23.8 Å². The minimum Gasteiger partial charge on any atom is -0.376 e. The lowest BCUT2D eigenvalue weighted by molar-refractivity contribution is -0.0881. The third kappa shape index (κ3) is 3.94. The van der Waals surface area contributed by atoms with Gasteiger partial charge in [-0.05, 0) is 13.5 Å². The minimum absolute atomic E-state index is 0.00961. The van der Waals surface area contributed by atoms with Crippen LogP contribution in [0.2, 0.25) is 0 Å². The second kappa shape index (κ2) is 7.61. The van der Waals surface area contributed by atoms with Crippen molar-refractivity contribution in [1.29, 1.82) is 0 Å². The second-order valence-corrected chi connectivity index (χ2v) is 5.29. The van der Waals surface area contributed by atoms with Crippen molar-refractivity contribution in [3.05, 3.63) is 12.7 Å². The maximum Gasteiger partial charge on any atom is 0.317 e. The van der Waals surface area contributed by atoms with Crippen LogP contribution in [-0.4, -0.2) is 81.0 Å². The summed E-state index contributed by atoms with van der Waals surface area (Å²) in [5.41, 5.74) is 0. The Labute approximate surface area is 120 Å². The van der Waals surface area contributed by atoms with E-state index in [9.17, 15) is 4.79 Å². The molecule has 0 bridgehead atoms. The fraction of sp³-hybridized carbons (Fsp3) is 0.786. The van der Waals surface area contributed by atoms with E-state index < -0.39 is 0 Å². The van der Waals surface area contributed by atoms with Gasteiger partial charge in [0.25, 0.3) is 0 Å². The molecule has 2 aliphatic heterocycles. The average molecular weight is 283 g/mol. The van der Waals surface area contributed by atoms with Gasteiger partial charge < -0.3 is 19.7 Å². The van der Waals surface area contributed by atoms with Gasteiger partial charge in [-0.15, -0.1) is 6.58 Å². The molecule has 0 unspecified atom stereocenters. The molecule has 20 heavy (non-hydrogen) atoms. The van der Waals surface area contributed by atoms with Crippen LogP contribution in [-0.2, 0) is 9.47 Å².